The summed E-state index contributed by atoms with van der Waals surface area (Å²) in [5, 5.41) is 2.03. The molecule has 2 atom stereocenters. The first-order valence-electron chi connectivity index (χ1n) is 10.2. The van der Waals surface area contributed by atoms with E-state index in [-0.39, 0.29) is 11.4 Å². The number of likely N-dealkylation sites (tertiary alicyclic amines) is 2. The van der Waals surface area contributed by atoms with E-state index in [4.69, 9.17) is 4.74 Å². The van der Waals surface area contributed by atoms with Crippen LogP contribution >= 0.6 is 0 Å². The monoisotopic (exact) mass is 365 g/mol. The molecule has 3 saturated heterocycles. The van der Waals surface area contributed by atoms with E-state index in [9.17, 15) is 4.79 Å². The highest BCUT2D eigenvalue weighted by Gasteiger charge is 2.48. The van der Waals surface area contributed by atoms with E-state index in [0.717, 1.165) is 50.0 Å². The molecule has 3 aliphatic heterocycles. The van der Waals surface area contributed by atoms with E-state index in [1.54, 1.807) is 6.20 Å². The Bertz CT molecular complexity index is 843. The number of nitrogens with zero attached hydrogens (tertiary/aromatic N) is 3. The minimum absolute atomic E-state index is 0.0786. The fourth-order valence-electron chi connectivity index (χ4n) is 5.09. The van der Waals surface area contributed by atoms with Crippen molar-refractivity contribution in [1.29, 1.82) is 0 Å². The lowest BCUT2D eigenvalue weighted by atomic mass is 9.77. The largest absolute Gasteiger partial charge is 0.377 e. The fraction of sp³-hybridized carbons (Fsp3) is 0.545. The molecule has 0 saturated carbocycles. The Morgan fingerprint density at radius 1 is 1.19 bits per heavy atom. The van der Waals surface area contributed by atoms with E-state index >= 15 is 0 Å². The van der Waals surface area contributed by atoms with Crippen molar-refractivity contribution < 1.29 is 9.53 Å². The Hall–Kier alpha value is -1.98. The zero-order chi connectivity index (χ0) is 18.3. The van der Waals surface area contributed by atoms with Crippen molar-refractivity contribution in [2.45, 2.75) is 43.7 Å². The predicted octanol–water partition coefficient (Wildman–Crippen LogP) is 3.09. The van der Waals surface area contributed by atoms with Gasteiger partial charge >= 0.3 is 0 Å². The molecule has 1 aromatic heterocycles. The number of piperidine rings is 1. The predicted molar refractivity (Wildman–Crippen MR) is 105 cm³/mol. The number of amides is 1. The van der Waals surface area contributed by atoms with Crippen LogP contribution in [0.3, 0.4) is 0 Å². The molecule has 1 aromatic carbocycles. The van der Waals surface area contributed by atoms with Gasteiger partial charge in [0.05, 0.1) is 6.10 Å². The number of hydrogen-bond acceptors (Lipinski definition) is 4. The molecule has 4 heterocycles. The number of fused-ring (bicyclic) bond motifs is 1. The van der Waals surface area contributed by atoms with Gasteiger partial charge < -0.3 is 9.64 Å². The lowest BCUT2D eigenvalue weighted by Crippen LogP contribution is -2.68. The van der Waals surface area contributed by atoms with Crippen LogP contribution in [0.25, 0.3) is 10.8 Å². The first kappa shape index (κ1) is 17.1. The molecule has 0 N–H and O–H groups in total. The van der Waals surface area contributed by atoms with Crippen LogP contribution in [-0.2, 0) is 4.74 Å². The van der Waals surface area contributed by atoms with Crippen molar-refractivity contribution in [2.24, 2.45) is 0 Å². The molecular weight excluding hydrogens is 338 g/mol. The summed E-state index contributed by atoms with van der Waals surface area (Å²) in [6.07, 6.45) is 7.94. The van der Waals surface area contributed by atoms with Crippen molar-refractivity contribution >= 4 is 16.7 Å². The third-order valence-electron chi connectivity index (χ3n) is 6.68. The van der Waals surface area contributed by atoms with Gasteiger partial charge in [0, 0.05) is 49.9 Å². The molecule has 3 aliphatic rings. The minimum atomic E-state index is 0.0786. The van der Waals surface area contributed by atoms with Crippen LogP contribution in [0.2, 0.25) is 0 Å². The lowest BCUT2D eigenvalue weighted by Gasteiger charge is -2.57. The third kappa shape index (κ3) is 3.03. The van der Waals surface area contributed by atoms with E-state index in [1.807, 2.05) is 35.2 Å². The minimum Gasteiger partial charge on any atom is -0.377 e. The second kappa shape index (κ2) is 6.88. The molecular formula is C22H27N3O2. The number of rotatable bonds is 3. The molecule has 0 bridgehead atoms. The van der Waals surface area contributed by atoms with Gasteiger partial charge in [0.2, 0.25) is 0 Å². The molecule has 1 amide bonds. The van der Waals surface area contributed by atoms with E-state index in [1.165, 1.54) is 25.7 Å². The molecule has 1 spiro atoms. The third-order valence-corrected chi connectivity index (χ3v) is 6.68. The first-order chi connectivity index (χ1) is 13.3. The van der Waals surface area contributed by atoms with Crippen LogP contribution in [0.5, 0.6) is 0 Å². The molecule has 142 valence electrons. The van der Waals surface area contributed by atoms with E-state index in [0.29, 0.717) is 11.8 Å². The summed E-state index contributed by atoms with van der Waals surface area (Å²) in [5.41, 5.74) is 0.750. The molecule has 5 rings (SSSR count). The summed E-state index contributed by atoms with van der Waals surface area (Å²) < 4.78 is 5.85. The maximum atomic E-state index is 13.3. The van der Waals surface area contributed by atoms with Crippen molar-refractivity contribution in [3.63, 3.8) is 0 Å². The Morgan fingerprint density at radius 3 is 2.93 bits per heavy atom. The first-order valence-corrected chi connectivity index (χ1v) is 10.2. The smallest absolute Gasteiger partial charge is 0.273 e. The van der Waals surface area contributed by atoms with Gasteiger partial charge in [0.15, 0.2) is 0 Å². The van der Waals surface area contributed by atoms with Crippen LogP contribution in [-0.4, -0.2) is 65.1 Å². The van der Waals surface area contributed by atoms with Crippen LogP contribution in [0, 0.1) is 0 Å². The normalized spacial score (nSPS) is 28.6. The number of hydrogen-bond donors (Lipinski definition) is 0. The molecule has 2 aromatic rings. The van der Waals surface area contributed by atoms with Gasteiger partial charge in [-0.3, -0.25) is 14.7 Å². The highest BCUT2D eigenvalue weighted by molar-refractivity contribution is 6.05. The Balaban J connectivity index is 1.35. The average molecular weight is 365 g/mol. The second-order valence-corrected chi connectivity index (χ2v) is 8.27. The second-order valence-electron chi connectivity index (χ2n) is 8.27. The van der Waals surface area contributed by atoms with E-state index < -0.39 is 0 Å². The van der Waals surface area contributed by atoms with Gasteiger partial charge in [-0.05, 0) is 43.6 Å². The molecule has 0 aliphatic carbocycles. The van der Waals surface area contributed by atoms with Gasteiger partial charge in [-0.1, -0.05) is 24.3 Å². The standard InChI is InChI=1S/C22H27N3O2/c26-21(20-19-7-2-1-5-17(19)8-11-23-20)24-12-4-9-22(16-24)10-13-25(22)15-18-6-3-14-27-18/h1-2,5,7-8,11,18H,3-4,6,9-10,12-16H2/t18-,22+/m0/s1. The van der Waals surface area contributed by atoms with Crippen molar-refractivity contribution in [3.05, 3.63) is 42.2 Å². The summed E-state index contributed by atoms with van der Waals surface area (Å²) in [5.74, 6) is 0.0786. The summed E-state index contributed by atoms with van der Waals surface area (Å²) in [6, 6.07) is 10.00. The number of carbonyl (C=O) groups is 1. The molecule has 5 heteroatoms. The highest BCUT2D eigenvalue weighted by atomic mass is 16.5. The molecule has 3 fully saturated rings. The Labute approximate surface area is 160 Å². The summed E-state index contributed by atoms with van der Waals surface area (Å²) in [4.78, 5) is 22.4. The van der Waals surface area contributed by atoms with Crippen molar-refractivity contribution in [3.8, 4) is 0 Å². The van der Waals surface area contributed by atoms with Gasteiger partial charge in [0.1, 0.15) is 5.69 Å². The molecule has 27 heavy (non-hydrogen) atoms. The zero-order valence-corrected chi connectivity index (χ0v) is 15.8. The lowest BCUT2D eigenvalue weighted by molar-refractivity contribution is -0.0807. The molecule has 0 radical (unpaired) electrons. The number of ether oxygens (including phenoxy) is 1. The van der Waals surface area contributed by atoms with Crippen LogP contribution in [0.4, 0.5) is 0 Å². The van der Waals surface area contributed by atoms with Crippen LogP contribution in [0.15, 0.2) is 36.5 Å². The van der Waals surface area contributed by atoms with Gasteiger partial charge in [0.25, 0.3) is 5.91 Å². The van der Waals surface area contributed by atoms with Gasteiger partial charge in [-0.2, -0.15) is 0 Å². The maximum absolute atomic E-state index is 13.3. The average Bonchev–Trinajstić information content (AvgIpc) is 3.24. The zero-order valence-electron chi connectivity index (χ0n) is 15.8. The SMILES string of the molecule is O=C(c1nccc2ccccc12)N1CCC[C@@]2(CCN2C[C@@H]2CCCO2)C1. The number of pyridine rings is 1. The summed E-state index contributed by atoms with van der Waals surface area (Å²) >= 11 is 0. The molecule has 0 unspecified atom stereocenters. The quantitative estimate of drug-likeness (QED) is 0.839. The van der Waals surface area contributed by atoms with Crippen molar-refractivity contribution in [1.82, 2.24) is 14.8 Å². The summed E-state index contributed by atoms with van der Waals surface area (Å²) in [6.45, 7) is 4.72. The highest BCUT2D eigenvalue weighted by Crippen LogP contribution is 2.39. The topological polar surface area (TPSA) is 45.7 Å². The summed E-state index contributed by atoms with van der Waals surface area (Å²) in [7, 11) is 0. The fourth-order valence-corrected chi connectivity index (χ4v) is 5.09. The number of aromatic nitrogens is 1. The molecule has 5 nitrogen and oxygen atoms in total. The van der Waals surface area contributed by atoms with Gasteiger partial charge in [-0.15, -0.1) is 0 Å². The van der Waals surface area contributed by atoms with Crippen LogP contribution < -0.4 is 0 Å². The van der Waals surface area contributed by atoms with Crippen molar-refractivity contribution in [2.75, 3.05) is 32.8 Å². The maximum Gasteiger partial charge on any atom is 0.273 e. The van der Waals surface area contributed by atoms with E-state index in [2.05, 4.69) is 9.88 Å². The number of carbonyl (C=O) groups excluding carboxylic acids is 1. The Kier molecular flexibility index (Phi) is 4.37. The van der Waals surface area contributed by atoms with Crippen LogP contribution in [0.1, 0.15) is 42.6 Å². The number of benzene rings is 1. The Morgan fingerprint density at radius 2 is 2.11 bits per heavy atom. The van der Waals surface area contributed by atoms with Gasteiger partial charge in [-0.25, -0.2) is 0 Å².